The van der Waals surface area contributed by atoms with Crippen molar-refractivity contribution in [2.24, 2.45) is 4.99 Å². The lowest BCUT2D eigenvalue weighted by molar-refractivity contribution is -0.141. The number of hydrogen-bond donors (Lipinski definition) is 0. The molecular weight excluding hydrogens is 231 g/mol. The molecule has 0 saturated carbocycles. The standard InChI is InChI=1S/C8H7ClF3N3/c9-7-5-4-6(8(10,11)12)14-15(5)3-1-2-13-7/h4H,1-3H2. The first kappa shape index (κ1) is 10.5. The Balaban J connectivity index is 2.47. The van der Waals surface area contributed by atoms with Crippen LogP contribution in [0.1, 0.15) is 17.8 Å². The molecule has 0 unspecified atom stereocenters. The van der Waals surface area contributed by atoms with E-state index in [-0.39, 0.29) is 10.9 Å². The number of aliphatic imine (C=N–C) groups is 1. The number of nitrogens with zero attached hydrogens (tertiary/aromatic N) is 3. The maximum absolute atomic E-state index is 12.3. The van der Waals surface area contributed by atoms with Crippen LogP contribution in [0.4, 0.5) is 13.2 Å². The Hall–Kier alpha value is -1.04. The van der Waals surface area contributed by atoms with Crippen LogP contribution >= 0.6 is 11.6 Å². The minimum atomic E-state index is -4.43. The topological polar surface area (TPSA) is 30.2 Å². The maximum Gasteiger partial charge on any atom is 0.435 e. The Labute approximate surface area is 88.6 Å². The molecule has 0 spiro atoms. The molecule has 1 aromatic rings. The maximum atomic E-state index is 12.3. The van der Waals surface area contributed by atoms with Crippen molar-refractivity contribution in [3.05, 3.63) is 17.5 Å². The third kappa shape index (κ3) is 1.99. The molecule has 0 radical (unpaired) electrons. The first-order valence-corrected chi connectivity index (χ1v) is 4.71. The lowest BCUT2D eigenvalue weighted by Gasteiger charge is -2.01. The highest BCUT2D eigenvalue weighted by molar-refractivity contribution is 6.69. The summed E-state index contributed by atoms with van der Waals surface area (Å²) in [6.07, 6.45) is -3.79. The van der Waals surface area contributed by atoms with Crippen molar-refractivity contribution in [2.75, 3.05) is 6.54 Å². The summed E-state index contributed by atoms with van der Waals surface area (Å²) >= 11 is 5.74. The minimum absolute atomic E-state index is 0.0931. The van der Waals surface area contributed by atoms with Gasteiger partial charge < -0.3 is 0 Å². The van der Waals surface area contributed by atoms with Gasteiger partial charge in [-0.25, -0.2) is 0 Å². The smallest absolute Gasteiger partial charge is 0.271 e. The van der Waals surface area contributed by atoms with Crippen LogP contribution < -0.4 is 0 Å². The average molecular weight is 238 g/mol. The second-order valence-corrected chi connectivity index (χ2v) is 3.52. The number of hydrogen-bond acceptors (Lipinski definition) is 2. The monoisotopic (exact) mass is 237 g/mol. The first-order chi connectivity index (χ1) is 6.98. The van der Waals surface area contributed by atoms with E-state index in [1.165, 1.54) is 4.68 Å². The van der Waals surface area contributed by atoms with Crippen molar-refractivity contribution < 1.29 is 13.2 Å². The number of aromatic nitrogens is 2. The summed E-state index contributed by atoms with van der Waals surface area (Å²) in [6.45, 7) is 0.925. The van der Waals surface area contributed by atoms with Crippen LogP contribution in [0.25, 0.3) is 0 Å². The molecular formula is C8H7ClF3N3. The fourth-order valence-electron chi connectivity index (χ4n) is 1.37. The molecule has 0 aliphatic carbocycles. The van der Waals surface area contributed by atoms with Crippen molar-refractivity contribution >= 4 is 16.8 Å². The predicted molar refractivity (Wildman–Crippen MR) is 49.1 cm³/mol. The Morgan fingerprint density at radius 1 is 1.40 bits per heavy atom. The molecule has 82 valence electrons. The van der Waals surface area contributed by atoms with Gasteiger partial charge in [0.1, 0.15) is 5.17 Å². The highest BCUT2D eigenvalue weighted by atomic mass is 35.5. The van der Waals surface area contributed by atoms with Crippen molar-refractivity contribution in [1.82, 2.24) is 9.78 Å². The lowest BCUT2D eigenvalue weighted by atomic mass is 10.3. The van der Waals surface area contributed by atoms with E-state index in [2.05, 4.69) is 10.1 Å². The average Bonchev–Trinajstić information content (AvgIpc) is 2.49. The largest absolute Gasteiger partial charge is 0.435 e. The van der Waals surface area contributed by atoms with Gasteiger partial charge in [-0.2, -0.15) is 18.3 Å². The molecule has 0 amide bonds. The van der Waals surface area contributed by atoms with E-state index >= 15 is 0 Å². The van der Waals surface area contributed by atoms with E-state index < -0.39 is 11.9 Å². The molecule has 0 aromatic carbocycles. The van der Waals surface area contributed by atoms with Crippen LogP contribution in [0.3, 0.4) is 0 Å². The SMILES string of the molecule is FC(F)(F)c1cc2n(n1)CCCN=C2Cl. The summed E-state index contributed by atoms with van der Waals surface area (Å²) in [5.74, 6) is 0. The van der Waals surface area contributed by atoms with Crippen LogP contribution in [0.5, 0.6) is 0 Å². The van der Waals surface area contributed by atoms with E-state index in [4.69, 9.17) is 11.6 Å². The predicted octanol–water partition coefficient (Wildman–Crippen LogP) is 2.29. The number of aryl methyl sites for hydroxylation is 1. The van der Waals surface area contributed by atoms with Crippen molar-refractivity contribution in [3.63, 3.8) is 0 Å². The molecule has 1 aliphatic rings. The van der Waals surface area contributed by atoms with Crippen molar-refractivity contribution in [1.29, 1.82) is 0 Å². The molecule has 0 bridgehead atoms. The van der Waals surface area contributed by atoms with Gasteiger partial charge in [0.05, 0.1) is 5.69 Å². The van der Waals surface area contributed by atoms with Gasteiger partial charge in [0.25, 0.3) is 0 Å². The van der Waals surface area contributed by atoms with Crippen LogP contribution in [0.15, 0.2) is 11.1 Å². The molecule has 0 fully saturated rings. The van der Waals surface area contributed by atoms with E-state index in [0.717, 1.165) is 6.07 Å². The van der Waals surface area contributed by atoms with Gasteiger partial charge in [-0.3, -0.25) is 9.67 Å². The Kier molecular flexibility index (Phi) is 2.46. The number of alkyl halides is 3. The summed E-state index contributed by atoms with van der Waals surface area (Å²) in [5.41, 5.74) is -0.686. The van der Waals surface area contributed by atoms with Crippen molar-refractivity contribution in [2.45, 2.75) is 19.1 Å². The van der Waals surface area contributed by atoms with Gasteiger partial charge in [0, 0.05) is 13.1 Å². The molecule has 1 aliphatic heterocycles. The quantitative estimate of drug-likeness (QED) is 0.681. The van der Waals surface area contributed by atoms with Gasteiger partial charge in [0.15, 0.2) is 5.69 Å². The van der Waals surface area contributed by atoms with Gasteiger partial charge in [0.2, 0.25) is 0 Å². The molecule has 3 nitrogen and oxygen atoms in total. The zero-order chi connectivity index (χ0) is 11.1. The molecule has 2 heterocycles. The fraction of sp³-hybridized carbons (Fsp3) is 0.500. The molecule has 7 heteroatoms. The first-order valence-electron chi connectivity index (χ1n) is 4.34. The second kappa shape index (κ2) is 3.52. The van der Waals surface area contributed by atoms with Crippen LogP contribution in [0, 0.1) is 0 Å². The number of fused-ring (bicyclic) bond motifs is 1. The van der Waals surface area contributed by atoms with E-state index in [9.17, 15) is 13.2 Å². The Morgan fingerprint density at radius 2 is 2.13 bits per heavy atom. The van der Waals surface area contributed by atoms with Gasteiger partial charge >= 0.3 is 6.18 Å². The highest BCUT2D eigenvalue weighted by Crippen LogP contribution is 2.29. The van der Waals surface area contributed by atoms with E-state index in [0.29, 0.717) is 19.5 Å². The highest BCUT2D eigenvalue weighted by Gasteiger charge is 2.35. The molecule has 0 saturated heterocycles. The summed E-state index contributed by atoms with van der Waals surface area (Å²) in [4.78, 5) is 3.91. The third-order valence-electron chi connectivity index (χ3n) is 2.06. The van der Waals surface area contributed by atoms with Crippen LogP contribution in [-0.2, 0) is 12.7 Å². The summed E-state index contributed by atoms with van der Waals surface area (Å²) < 4.78 is 38.3. The second-order valence-electron chi connectivity index (χ2n) is 3.16. The van der Waals surface area contributed by atoms with Gasteiger partial charge in [-0.15, -0.1) is 0 Å². The van der Waals surface area contributed by atoms with Gasteiger partial charge in [-0.05, 0) is 12.5 Å². The summed E-state index contributed by atoms with van der Waals surface area (Å²) in [5, 5.41) is 3.55. The molecule has 1 aromatic heterocycles. The third-order valence-corrected chi connectivity index (χ3v) is 2.37. The molecule has 15 heavy (non-hydrogen) atoms. The van der Waals surface area contributed by atoms with E-state index in [1.54, 1.807) is 0 Å². The minimum Gasteiger partial charge on any atom is -0.271 e. The normalized spacial score (nSPS) is 16.9. The molecule has 0 atom stereocenters. The Bertz CT molecular complexity index is 408. The zero-order valence-corrected chi connectivity index (χ0v) is 8.31. The van der Waals surface area contributed by atoms with Crippen molar-refractivity contribution in [3.8, 4) is 0 Å². The number of halogens is 4. The Morgan fingerprint density at radius 3 is 2.80 bits per heavy atom. The zero-order valence-electron chi connectivity index (χ0n) is 7.55. The fourth-order valence-corrected chi connectivity index (χ4v) is 1.61. The summed E-state index contributed by atoms with van der Waals surface area (Å²) in [7, 11) is 0. The lowest BCUT2D eigenvalue weighted by Crippen LogP contribution is -2.09. The van der Waals surface area contributed by atoms with Crippen LogP contribution in [-0.4, -0.2) is 21.5 Å². The molecule has 0 N–H and O–H groups in total. The van der Waals surface area contributed by atoms with Crippen LogP contribution in [0.2, 0.25) is 0 Å². The van der Waals surface area contributed by atoms with Gasteiger partial charge in [-0.1, -0.05) is 11.6 Å². The molecule has 2 rings (SSSR count). The van der Waals surface area contributed by atoms with E-state index in [1.807, 2.05) is 0 Å². The number of rotatable bonds is 0. The summed E-state index contributed by atoms with van der Waals surface area (Å²) in [6, 6.07) is 0.928.